The van der Waals surface area contributed by atoms with Gasteiger partial charge in [-0.05, 0) is 72.6 Å². The Balaban J connectivity index is 1.51. The van der Waals surface area contributed by atoms with Crippen LogP contribution in [0.25, 0.3) is 0 Å². The van der Waals surface area contributed by atoms with E-state index in [9.17, 15) is 4.79 Å². The maximum atomic E-state index is 12.8. The van der Waals surface area contributed by atoms with Crippen LogP contribution in [0.3, 0.4) is 0 Å². The van der Waals surface area contributed by atoms with Crippen LogP contribution >= 0.6 is 11.6 Å². The van der Waals surface area contributed by atoms with Crippen molar-refractivity contribution in [1.29, 1.82) is 0 Å². The van der Waals surface area contributed by atoms with E-state index in [2.05, 4.69) is 39.8 Å². The molecule has 1 heterocycles. The summed E-state index contributed by atoms with van der Waals surface area (Å²) in [5.74, 6) is 1.76. The Kier molecular flexibility index (Phi) is 7.25. The fourth-order valence-corrected chi connectivity index (χ4v) is 4.34. The molecule has 0 radical (unpaired) electrons. The summed E-state index contributed by atoms with van der Waals surface area (Å²) in [7, 11) is 3.33. The van der Waals surface area contributed by atoms with Crippen molar-refractivity contribution < 1.29 is 14.3 Å². The molecule has 2 N–H and O–H groups in total. The second-order valence-corrected chi connectivity index (χ2v) is 8.46. The number of halogens is 1. The van der Waals surface area contributed by atoms with Crippen LogP contribution in [0.5, 0.6) is 11.5 Å². The molecule has 4 rings (SSSR count). The zero-order chi connectivity index (χ0) is 23.2. The van der Waals surface area contributed by atoms with Gasteiger partial charge in [-0.3, -0.25) is 0 Å². The highest BCUT2D eigenvalue weighted by Crippen LogP contribution is 2.32. The van der Waals surface area contributed by atoms with E-state index in [1.165, 1.54) is 0 Å². The molecule has 3 aromatic carbocycles. The molecule has 3 aromatic rings. The summed E-state index contributed by atoms with van der Waals surface area (Å²) in [5, 5.41) is 6.73. The van der Waals surface area contributed by atoms with Gasteiger partial charge >= 0.3 is 6.03 Å². The van der Waals surface area contributed by atoms with Gasteiger partial charge < -0.3 is 25.0 Å². The zero-order valence-electron chi connectivity index (χ0n) is 18.8. The van der Waals surface area contributed by atoms with Crippen LogP contribution < -0.4 is 25.0 Å². The summed E-state index contributed by atoms with van der Waals surface area (Å²) in [5.41, 5.74) is 3.00. The number of piperidine rings is 1. The molecule has 0 aliphatic carbocycles. The van der Waals surface area contributed by atoms with Gasteiger partial charge in [0.25, 0.3) is 0 Å². The van der Waals surface area contributed by atoms with E-state index in [0.717, 1.165) is 42.3 Å². The fourth-order valence-electron chi connectivity index (χ4n) is 4.21. The predicted octanol–water partition coefficient (Wildman–Crippen LogP) is 5.54. The molecule has 0 spiro atoms. The number of rotatable bonds is 6. The predicted molar refractivity (Wildman–Crippen MR) is 133 cm³/mol. The molecule has 1 aliphatic rings. The van der Waals surface area contributed by atoms with Gasteiger partial charge in [0.1, 0.15) is 11.5 Å². The maximum Gasteiger partial charge on any atom is 0.319 e. The molecular weight excluding hydrogens is 438 g/mol. The number of anilines is 2. The first-order chi connectivity index (χ1) is 16.1. The molecule has 6 nitrogen and oxygen atoms in total. The molecule has 1 fully saturated rings. The number of methoxy groups -OCH3 is 2. The summed E-state index contributed by atoms with van der Waals surface area (Å²) in [6.07, 6.45) is 0.816. The van der Waals surface area contributed by atoms with Crippen LogP contribution in [0.4, 0.5) is 16.2 Å². The van der Waals surface area contributed by atoms with Gasteiger partial charge in [-0.15, -0.1) is 0 Å². The number of carbonyl (C=O) groups is 1. The highest BCUT2D eigenvalue weighted by Gasteiger charge is 2.32. The Morgan fingerprint density at radius 2 is 1.52 bits per heavy atom. The number of ether oxygens (including phenoxy) is 2. The van der Waals surface area contributed by atoms with E-state index in [4.69, 9.17) is 21.1 Å². The number of benzene rings is 3. The second-order valence-electron chi connectivity index (χ2n) is 8.02. The Hall–Kier alpha value is -3.38. The van der Waals surface area contributed by atoms with Crippen molar-refractivity contribution in [1.82, 2.24) is 5.32 Å². The highest BCUT2D eigenvalue weighted by atomic mass is 35.5. The van der Waals surface area contributed by atoms with Crippen molar-refractivity contribution in [3.8, 4) is 11.5 Å². The molecule has 33 heavy (non-hydrogen) atoms. The lowest BCUT2D eigenvalue weighted by molar-refractivity contribution is 0.243. The average Bonchev–Trinajstić information content (AvgIpc) is 2.86. The molecule has 2 atom stereocenters. The third-order valence-electron chi connectivity index (χ3n) is 6.01. The first kappa shape index (κ1) is 22.8. The largest absolute Gasteiger partial charge is 0.497 e. The molecule has 0 unspecified atom stereocenters. The van der Waals surface area contributed by atoms with E-state index in [1.54, 1.807) is 38.5 Å². The van der Waals surface area contributed by atoms with E-state index >= 15 is 0 Å². The maximum absolute atomic E-state index is 12.8. The van der Waals surface area contributed by atoms with Gasteiger partial charge in [0, 0.05) is 41.4 Å². The van der Waals surface area contributed by atoms with Gasteiger partial charge in [0.2, 0.25) is 0 Å². The number of hydrogen-bond donors (Lipinski definition) is 2. The van der Waals surface area contributed by atoms with Crippen LogP contribution in [0.15, 0.2) is 72.8 Å². The van der Waals surface area contributed by atoms with E-state index in [-0.39, 0.29) is 18.0 Å². The molecule has 2 amide bonds. The third-order valence-corrected chi connectivity index (χ3v) is 6.26. The first-order valence-corrected chi connectivity index (χ1v) is 11.3. The minimum Gasteiger partial charge on any atom is -0.497 e. The number of amides is 2. The second kappa shape index (κ2) is 10.5. The first-order valence-electron chi connectivity index (χ1n) is 10.9. The average molecular weight is 466 g/mol. The monoisotopic (exact) mass is 465 g/mol. The lowest BCUT2D eigenvalue weighted by Gasteiger charge is -2.40. The molecule has 1 aliphatic heterocycles. The lowest BCUT2D eigenvalue weighted by Crippen LogP contribution is -2.50. The quantitative estimate of drug-likeness (QED) is 0.501. The summed E-state index contributed by atoms with van der Waals surface area (Å²) >= 11 is 5.94. The number of hydrogen-bond acceptors (Lipinski definition) is 4. The summed E-state index contributed by atoms with van der Waals surface area (Å²) in [6, 6.07) is 23.0. The Bertz CT molecular complexity index is 1060. The number of nitrogens with zero attached hydrogens (tertiary/aromatic N) is 1. The summed E-state index contributed by atoms with van der Waals surface area (Å²) < 4.78 is 10.6. The van der Waals surface area contributed by atoms with Gasteiger partial charge in [0.05, 0.1) is 14.2 Å². The van der Waals surface area contributed by atoms with Crippen molar-refractivity contribution in [2.24, 2.45) is 0 Å². The van der Waals surface area contributed by atoms with E-state index < -0.39 is 0 Å². The topological polar surface area (TPSA) is 62.8 Å². The van der Waals surface area contributed by atoms with Gasteiger partial charge in [-0.2, -0.15) is 0 Å². The van der Waals surface area contributed by atoms with Crippen molar-refractivity contribution in [3.63, 3.8) is 0 Å². The van der Waals surface area contributed by atoms with Crippen LogP contribution in [-0.4, -0.2) is 39.4 Å². The third kappa shape index (κ3) is 5.71. The Morgan fingerprint density at radius 3 is 2.12 bits per heavy atom. The van der Waals surface area contributed by atoms with Crippen LogP contribution in [-0.2, 0) is 0 Å². The highest BCUT2D eigenvalue weighted by molar-refractivity contribution is 6.30. The van der Waals surface area contributed by atoms with Crippen molar-refractivity contribution in [2.45, 2.75) is 18.4 Å². The van der Waals surface area contributed by atoms with Gasteiger partial charge in [0.15, 0.2) is 0 Å². The lowest BCUT2D eigenvalue weighted by atomic mass is 9.85. The minimum atomic E-state index is -0.223. The van der Waals surface area contributed by atoms with Crippen molar-refractivity contribution in [3.05, 3.63) is 83.4 Å². The number of urea groups is 1. The van der Waals surface area contributed by atoms with Gasteiger partial charge in [-0.1, -0.05) is 23.7 Å². The summed E-state index contributed by atoms with van der Waals surface area (Å²) in [4.78, 5) is 15.1. The van der Waals surface area contributed by atoms with Crippen LogP contribution in [0.2, 0.25) is 5.02 Å². The van der Waals surface area contributed by atoms with Crippen LogP contribution in [0, 0.1) is 0 Å². The molecule has 7 heteroatoms. The Labute approximate surface area is 199 Å². The zero-order valence-corrected chi connectivity index (χ0v) is 19.5. The molecule has 172 valence electrons. The SMILES string of the molecule is COc1ccc([C@@H]2CN(c3ccc(OC)cc3)CC[C@H]2NC(=O)Nc2ccc(Cl)cc2)cc1. The molecule has 0 aromatic heterocycles. The number of nitrogens with one attached hydrogen (secondary N) is 2. The molecule has 0 bridgehead atoms. The fraction of sp³-hybridized carbons (Fsp3) is 0.269. The standard InChI is InChI=1S/C26H28ClN3O3/c1-32-22-11-3-18(4-12-22)24-17-30(21-9-13-23(33-2)14-10-21)16-15-25(24)29-26(31)28-20-7-5-19(27)6-8-20/h3-14,24-25H,15-17H2,1-2H3,(H2,28,29,31)/t24-,25+/m0/s1. The van der Waals surface area contributed by atoms with E-state index in [0.29, 0.717) is 10.7 Å². The smallest absolute Gasteiger partial charge is 0.319 e. The Morgan fingerprint density at radius 1 is 0.909 bits per heavy atom. The number of carbonyl (C=O) groups excluding carboxylic acids is 1. The molecule has 1 saturated heterocycles. The van der Waals surface area contributed by atoms with Crippen molar-refractivity contribution in [2.75, 3.05) is 37.5 Å². The minimum absolute atomic E-state index is 0.0137. The van der Waals surface area contributed by atoms with Crippen molar-refractivity contribution >= 4 is 29.0 Å². The molecular formula is C26H28ClN3O3. The normalized spacial score (nSPS) is 17.8. The molecule has 0 saturated carbocycles. The summed E-state index contributed by atoms with van der Waals surface area (Å²) in [6.45, 7) is 1.62. The van der Waals surface area contributed by atoms with Gasteiger partial charge in [-0.25, -0.2) is 4.79 Å². The van der Waals surface area contributed by atoms with E-state index in [1.807, 2.05) is 24.3 Å². The van der Waals surface area contributed by atoms with Crippen LogP contribution in [0.1, 0.15) is 17.9 Å².